The van der Waals surface area contributed by atoms with Crippen molar-refractivity contribution in [1.29, 1.82) is 0 Å². The molecule has 2 aromatic heterocycles. The number of fused-ring (bicyclic) bond motifs is 3. The first kappa shape index (κ1) is 18.3. The molecule has 0 N–H and O–H groups in total. The third-order valence-electron chi connectivity index (χ3n) is 6.01. The summed E-state index contributed by atoms with van der Waals surface area (Å²) in [4.78, 5) is 7.61. The fourth-order valence-corrected chi connectivity index (χ4v) is 4.82. The molecule has 1 saturated carbocycles. The van der Waals surface area contributed by atoms with Gasteiger partial charge in [0.05, 0.1) is 11.3 Å². The van der Waals surface area contributed by atoms with E-state index < -0.39 is 0 Å². The van der Waals surface area contributed by atoms with E-state index in [0.29, 0.717) is 6.04 Å². The van der Waals surface area contributed by atoms with Crippen molar-refractivity contribution in [3.8, 4) is 11.1 Å². The molecule has 142 valence electrons. The average Bonchev–Trinajstić information content (AvgIpc) is 3.23. The third kappa shape index (κ3) is 2.65. The lowest BCUT2D eigenvalue weighted by atomic mass is 9.94. The summed E-state index contributed by atoms with van der Waals surface area (Å²) < 4.78 is 2.14. The van der Waals surface area contributed by atoms with Crippen molar-refractivity contribution in [3.63, 3.8) is 0 Å². The summed E-state index contributed by atoms with van der Waals surface area (Å²) in [6.45, 7) is 12.0. The summed E-state index contributed by atoms with van der Waals surface area (Å²) in [5, 5.41) is 4.98. The van der Waals surface area contributed by atoms with Crippen LogP contribution in [-0.2, 0) is 6.42 Å². The van der Waals surface area contributed by atoms with Gasteiger partial charge < -0.3 is 4.90 Å². The Morgan fingerprint density at radius 3 is 2.22 bits per heavy atom. The average molecular weight is 383 g/mol. The first-order chi connectivity index (χ1) is 12.5. The van der Waals surface area contributed by atoms with Crippen LogP contribution in [0.1, 0.15) is 46.5 Å². The summed E-state index contributed by atoms with van der Waals surface area (Å²) >= 11 is 0. The minimum atomic E-state index is 0. The lowest BCUT2D eigenvalue weighted by Crippen LogP contribution is -2.25. The number of hydrogen-bond donors (Lipinski definition) is 0. The van der Waals surface area contributed by atoms with Crippen LogP contribution in [0.5, 0.6) is 0 Å². The van der Waals surface area contributed by atoms with Crippen LogP contribution in [0.15, 0.2) is 12.1 Å². The highest BCUT2D eigenvalue weighted by Crippen LogP contribution is 2.41. The number of rotatable bonds is 2. The number of anilines is 1. The van der Waals surface area contributed by atoms with Gasteiger partial charge in [0, 0.05) is 23.8 Å². The molecular weight excluding hydrogens is 356 g/mol. The van der Waals surface area contributed by atoms with Crippen molar-refractivity contribution in [1.82, 2.24) is 14.6 Å². The number of halogens is 1. The zero-order chi connectivity index (χ0) is 18.2. The summed E-state index contributed by atoms with van der Waals surface area (Å²) in [5.74, 6) is 1.30. The Bertz CT molecular complexity index is 1040. The number of hydrogen-bond acceptors (Lipinski definition) is 3. The molecule has 0 bridgehead atoms. The molecule has 1 aliphatic carbocycles. The zero-order valence-corrected chi connectivity index (χ0v) is 17.6. The Balaban J connectivity index is 0.00000180. The van der Waals surface area contributed by atoms with E-state index in [1.54, 1.807) is 0 Å². The molecule has 0 radical (unpaired) electrons. The van der Waals surface area contributed by atoms with Gasteiger partial charge in [-0.05, 0) is 70.6 Å². The van der Waals surface area contributed by atoms with Crippen LogP contribution in [0.3, 0.4) is 0 Å². The molecule has 5 rings (SSSR count). The summed E-state index contributed by atoms with van der Waals surface area (Å²) in [6.07, 6.45) is 3.72. The summed E-state index contributed by atoms with van der Waals surface area (Å²) in [7, 11) is 0. The standard InChI is InChI=1S/C22H26N4.ClH/c1-12-10-13(2)19(14(3)11-12)20-16(5)24-26-21(20)23-15(4)18-8-9-25(22(18)26)17-6-7-17;/h10-11,17H,6-9H2,1-5H3;1H. The van der Waals surface area contributed by atoms with Crippen LogP contribution >= 0.6 is 12.4 Å². The summed E-state index contributed by atoms with van der Waals surface area (Å²) in [5.41, 5.74) is 11.1. The van der Waals surface area contributed by atoms with Gasteiger partial charge in [-0.15, -0.1) is 12.4 Å². The molecule has 2 aliphatic rings. The largest absolute Gasteiger partial charge is 0.353 e. The lowest BCUT2D eigenvalue weighted by molar-refractivity contribution is 0.791. The smallest absolute Gasteiger partial charge is 0.165 e. The van der Waals surface area contributed by atoms with Gasteiger partial charge in [0.25, 0.3) is 0 Å². The number of aryl methyl sites for hydroxylation is 5. The molecule has 0 atom stereocenters. The van der Waals surface area contributed by atoms with E-state index in [9.17, 15) is 0 Å². The first-order valence-corrected chi connectivity index (χ1v) is 9.69. The zero-order valence-electron chi connectivity index (χ0n) is 16.8. The van der Waals surface area contributed by atoms with Gasteiger partial charge >= 0.3 is 0 Å². The Labute approximate surface area is 167 Å². The maximum atomic E-state index is 5.04. The Morgan fingerprint density at radius 2 is 1.59 bits per heavy atom. The van der Waals surface area contributed by atoms with Crippen molar-refractivity contribution < 1.29 is 0 Å². The van der Waals surface area contributed by atoms with Crippen LogP contribution in [0.2, 0.25) is 0 Å². The van der Waals surface area contributed by atoms with E-state index in [0.717, 1.165) is 24.3 Å². The van der Waals surface area contributed by atoms with Crippen LogP contribution in [-0.4, -0.2) is 27.2 Å². The molecule has 4 nitrogen and oxygen atoms in total. The van der Waals surface area contributed by atoms with Crippen LogP contribution in [0.25, 0.3) is 16.8 Å². The second kappa shape index (κ2) is 6.23. The van der Waals surface area contributed by atoms with Crippen LogP contribution < -0.4 is 4.90 Å². The monoisotopic (exact) mass is 382 g/mol. The molecule has 0 spiro atoms. The molecule has 1 fully saturated rings. The van der Waals surface area contributed by atoms with Gasteiger partial charge in [0.15, 0.2) is 5.65 Å². The third-order valence-corrected chi connectivity index (χ3v) is 6.01. The van der Waals surface area contributed by atoms with Gasteiger partial charge in [-0.1, -0.05) is 17.7 Å². The molecule has 3 heterocycles. The predicted molar refractivity (Wildman–Crippen MR) is 113 cm³/mol. The molecule has 3 aromatic rings. The van der Waals surface area contributed by atoms with E-state index in [4.69, 9.17) is 10.1 Å². The van der Waals surface area contributed by atoms with E-state index >= 15 is 0 Å². The van der Waals surface area contributed by atoms with Crippen LogP contribution in [0.4, 0.5) is 5.82 Å². The maximum Gasteiger partial charge on any atom is 0.165 e. The fraction of sp³-hybridized carbons (Fsp3) is 0.455. The molecule has 1 aromatic carbocycles. The van der Waals surface area contributed by atoms with Crippen molar-refractivity contribution in [2.24, 2.45) is 0 Å². The number of aromatic nitrogens is 3. The lowest BCUT2D eigenvalue weighted by Gasteiger charge is -2.19. The fourth-order valence-electron chi connectivity index (χ4n) is 4.82. The van der Waals surface area contributed by atoms with Crippen molar-refractivity contribution in [3.05, 3.63) is 45.8 Å². The van der Waals surface area contributed by atoms with E-state index in [-0.39, 0.29) is 12.4 Å². The first-order valence-electron chi connectivity index (χ1n) is 9.69. The van der Waals surface area contributed by atoms with E-state index in [1.807, 2.05) is 0 Å². The normalized spacial score (nSPS) is 16.0. The predicted octanol–water partition coefficient (Wildman–Crippen LogP) is 4.89. The highest BCUT2D eigenvalue weighted by Gasteiger charge is 2.37. The van der Waals surface area contributed by atoms with Gasteiger partial charge in [0.2, 0.25) is 0 Å². The van der Waals surface area contributed by atoms with Crippen molar-refractivity contribution in [2.75, 3.05) is 11.4 Å². The van der Waals surface area contributed by atoms with Crippen LogP contribution in [0, 0.1) is 34.6 Å². The molecule has 0 saturated heterocycles. The number of benzene rings is 1. The molecule has 27 heavy (non-hydrogen) atoms. The minimum Gasteiger partial charge on any atom is -0.353 e. The highest BCUT2D eigenvalue weighted by molar-refractivity contribution is 5.86. The maximum absolute atomic E-state index is 5.04. The van der Waals surface area contributed by atoms with E-state index in [1.165, 1.54) is 57.7 Å². The topological polar surface area (TPSA) is 33.4 Å². The SMILES string of the molecule is Cc1cc(C)c(-c2c(C)nn3c4c(c(C)nc23)CCN4C2CC2)c(C)c1.Cl. The Morgan fingerprint density at radius 1 is 0.926 bits per heavy atom. The molecule has 1 aliphatic heterocycles. The quantitative estimate of drug-likeness (QED) is 0.633. The minimum absolute atomic E-state index is 0. The highest BCUT2D eigenvalue weighted by atomic mass is 35.5. The Hall–Kier alpha value is -2.07. The van der Waals surface area contributed by atoms with Gasteiger partial charge in [-0.3, -0.25) is 0 Å². The molecular formula is C22H27ClN4. The van der Waals surface area contributed by atoms with Crippen molar-refractivity contribution in [2.45, 2.75) is 59.9 Å². The van der Waals surface area contributed by atoms with Gasteiger partial charge in [-0.25, -0.2) is 4.98 Å². The van der Waals surface area contributed by atoms with Gasteiger partial charge in [-0.2, -0.15) is 9.61 Å². The molecule has 5 heteroatoms. The van der Waals surface area contributed by atoms with Gasteiger partial charge in [0.1, 0.15) is 5.82 Å². The number of nitrogens with zero attached hydrogens (tertiary/aromatic N) is 4. The molecule has 0 amide bonds. The molecule has 0 unspecified atom stereocenters. The second-order valence-corrected chi connectivity index (χ2v) is 8.14. The second-order valence-electron chi connectivity index (χ2n) is 8.14. The van der Waals surface area contributed by atoms with E-state index in [2.05, 4.69) is 56.2 Å². The van der Waals surface area contributed by atoms with Crippen molar-refractivity contribution >= 4 is 23.9 Å². The summed E-state index contributed by atoms with van der Waals surface area (Å²) in [6, 6.07) is 5.24. The Kier molecular flexibility index (Phi) is 4.22.